The summed E-state index contributed by atoms with van der Waals surface area (Å²) < 4.78 is 43.6. The van der Waals surface area contributed by atoms with Gasteiger partial charge in [-0.1, -0.05) is 0 Å². The summed E-state index contributed by atoms with van der Waals surface area (Å²) >= 11 is 0. The molecule has 1 fully saturated rings. The van der Waals surface area contributed by atoms with Crippen molar-refractivity contribution in [2.75, 3.05) is 13.1 Å². The SMILES string of the molecule is C[C@@H]1CN(C(CC(=O)O)C(F)(F)F)C[C@H](C)O1. The molecule has 1 saturated heterocycles. The summed E-state index contributed by atoms with van der Waals surface area (Å²) in [6.07, 6.45) is -6.10. The monoisotopic (exact) mass is 255 g/mol. The third-order valence-corrected chi connectivity index (χ3v) is 2.63. The van der Waals surface area contributed by atoms with E-state index in [2.05, 4.69) is 0 Å². The van der Waals surface area contributed by atoms with Crippen LogP contribution in [0.4, 0.5) is 13.2 Å². The van der Waals surface area contributed by atoms with Crippen molar-refractivity contribution in [3.05, 3.63) is 0 Å². The first-order valence-corrected chi connectivity index (χ1v) is 5.38. The third-order valence-electron chi connectivity index (χ3n) is 2.63. The molecule has 0 spiro atoms. The number of halogens is 3. The molecule has 1 rings (SSSR count). The first kappa shape index (κ1) is 14.2. The number of carbonyl (C=O) groups is 1. The number of ether oxygens (including phenoxy) is 1. The van der Waals surface area contributed by atoms with Gasteiger partial charge in [-0.25, -0.2) is 0 Å². The van der Waals surface area contributed by atoms with E-state index in [0.717, 1.165) is 4.90 Å². The second-order valence-corrected chi connectivity index (χ2v) is 4.37. The lowest BCUT2D eigenvalue weighted by molar-refractivity contribution is -0.207. The lowest BCUT2D eigenvalue weighted by atomic mass is 10.1. The molecule has 0 aromatic heterocycles. The Balaban J connectivity index is 2.78. The maximum Gasteiger partial charge on any atom is 0.404 e. The average Bonchev–Trinajstić information content (AvgIpc) is 2.10. The molecule has 7 heteroatoms. The Morgan fingerprint density at radius 1 is 1.41 bits per heavy atom. The highest BCUT2D eigenvalue weighted by atomic mass is 19.4. The van der Waals surface area contributed by atoms with Crippen molar-refractivity contribution in [1.82, 2.24) is 4.90 Å². The molecule has 0 saturated carbocycles. The maximum absolute atomic E-state index is 12.8. The summed E-state index contributed by atoms with van der Waals surface area (Å²) in [5, 5.41) is 8.55. The van der Waals surface area contributed by atoms with Crippen LogP contribution in [-0.4, -0.2) is 53.5 Å². The van der Waals surface area contributed by atoms with Gasteiger partial charge in [-0.2, -0.15) is 13.2 Å². The van der Waals surface area contributed by atoms with Crippen LogP contribution < -0.4 is 0 Å². The van der Waals surface area contributed by atoms with Crippen LogP contribution in [0.15, 0.2) is 0 Å². The molecule has 1 aliphatic rings. The fourth-order valence-electron chi connectivity index (χ4n) is 2.09. The van der Waals surface area contributed by atoms with Gasteiger partial charge in [-0.3, -0.25) is 9.69 Å². The zero-order valence-corrected chi connectivity index (χ0v) is 9.70. The normalized spacial score (nSPS) is 29.0. The van der Waals surface area contributed by atoms with Crippen molar-refractivity contribution < 1.29 is 27.8 Å². The number of hydrogen-bond acceptors (Lipinski definition) is 3. The van der Waals surface area contributed by atoms with Crippen LogP contribution in [0.5, 0.6) is 0 Å². The number of carboxylic acids is 1. The van der Waals surface area contributed by atoms with Gasteiger partial charge >= 0.3 is 12.1 Å². The van der Waals surface area contributed by atoms with Gasteiger partial charge in [0.25, 0.3) is 0 Å². The minimum Gasteiger partial charge on any atom is -0.481 e. The van der Waals surface area contributed by atoms with Gasteiger partial charge in [0.2, 0.25) is 0 Å². The van der Waals surface area contributed by atoms with E-state index < -0.39 is 24.6 Å². The number of aliphatic carboxylic acids is 1. The van der Waals surface area contributed by atoms with Crippen LogP contribution in [0.2, 0.25) is 0 Å². The topological polar surface area (TPSA) is 49.8 Å². The van der Waals surface area contributed by atoms with E-state index in [1.807, 2.05) is 0 Å². The van der Waals surface area contributed by atoms with E-state index in [0.29, 0.717) is 0 Å². The second kappa shape index (κ2) is 5.22. The molecule has 17 heavy (non-hydrogen) atoms. The molecule has 1 N–H and O–H groups in total. The number of morpholine rings is 1. The highest BCUT2D eigenvalue weighted by molar-refractivity contribution is 5.67. The molecular formula is C10H16F3NO3. The Morgan fingerprint density at radius 2 is 1.88 bits per heavy atom. The molecule has 4 nitrogen and oxygen atoms in total. The summed E-state index contributed by atoms with van der Waals surface area (Å²) in [7, 11) is 0. The number of hydrogen-bond donors (Lipinski definition) is 1. The average molecular weight is 255 g/mol. The first-order valence-electron chi connectivity index (χ1n) is 5.38. The number of rotatable bonds is 3. The summed E-state index contributed by atoms with van der Waals surface area (Å²) in [5.74, 6) is -1.45. The number of nitrogens with zero attached hydrogens (tertiary/aromatic N) is 1. The summed E-state index contributed by atoms with van der Waals surface area (Å²) in [4.78, 5) is 11.6. The Hall–Kier alpha value is -0.820. The quantitative estimate of drug-likeness (QED) is 0.830. The standard InChI is InChI=1S/C10H16F3NO3/c1-6-4-14(5-7(2)17-6)8(3-9(15)16)10(11,12)13/h6-8H,3-5H2,1-2H3,(H,15,16)/t6-,7+,8?. The molecule has 0 bridgehead atoms. The largest absolute Gasteiger partial charge is 0.481 e. The van der Waals surface area contributed by atoms with Crippen LogP contribution >= 0.6 is 0 Å². The van der Waals surface area contributed by atoms with E-state index in [1.165, 1.54) is 0 Å². The zero-order chi connectivity index (χ0) is 13.2. The minimum atomic E-state index is -4.53. The van der Waals surface area contributed by atoms with Gasteiger partial charge in [0, 0.05) is 13.1 Å². The highest BCUT2D eigenvalue weighted by Crippen LogP contribution is 2.29. The molecule has 3 atom stereocenters. The van der Waals surface area contributed by atoms with Crippen molar-refractivity contribution >= 4 is 5.97 Å². The lowest BCUT2D eigenvalue weighted by Crippen LogP contribution is -2.55. The molecule has 1 unspecified atom stereocenters. The van der Waals surface area contributed by atoms with Crippen LogP contribution in [0.25, 0.3) is 0 Å². The Bertz CT molecular complexity index is 272. The molecular weight excluding hydrogens is 239 g/mol. The Labute approximate surface area is 97.3 Å². The van der Waals surface area contributed by atoms with Crippen LogP contribution in [0, 0.1) is 0 Å². The lowest BCUT2D eigenvalue weighted by Gasteiger charge is -2.40. The number of alkyl halides is 3. The van der Waals surface area contributed by atoms with Crippen LogP contribution in [0.1, 0.15) is 20.3 Å². The molecule has 1 heterocycles. The van der Waals surface area contributed by atoms with Crippen molar-refractivity contribution in [3.8, 4) is 0 Å². The molecule has 0 aromatic carbocycles. The molecule has 0 radical (unpaired) electrons. The Morgan fingerprint density at radius 3 is 2.24 bits per heavy atom. The third kappa shape index (κ3) is 4.16. The van der Waals surface area contributed by atoms with E-state index in [9.17, 15) is 18.0 Å². The fourth-order valence-corrected chi connectivity index (χ4v) is 2.09. The molecule has 0 aromatic rings. The summed E-state index contributed by atoms with van der Waals surface area (Å²) in [5.41, 5.74) is 0. The van der Waals surface area contributed by atoms with Gasteiger partial charge in [-0.05, 0) is 13.8 Å². The second-order valence-electron chi connectivity index (χ2n) is 4.37. The van der Waals surface area contributed by atoms with E-state index in [-0.39, 0.29) is 25.3 Å². The smallest absolute Gasteiger partial charge is 0.404 e. The van der Waals surface area contributed by atoms with Gasteiger partial charge < -0.3 is 9.84 Å². The highest BCUT2D eigenvalue weighted by Gasteiger charge is 2.46. The van der Waals surface area contributed by atoms with Gasteiger partial charge in [0.15, 0.2) is 0 Å². The van der Waals surface area contributed by atoms with E-state index in [4.69, 9.17) is 9.84 Å². The van der Waals surface area contributed by atoms with Crippen molar-refractivity contribution in [2.45, 2.75) is 44.7 Å². The van der Waals surface area contributed by atoms with E-state index >= 15 is 0 Å². The van der Waals surface area contributed by atoms with Gasteiger partial charge in [-0.15, -0.1) is 0 Å². The molecule has 0 amide bonds. The van der Waals surface area contributed by atoms with Crippen LogP contribution in [-0.2, 0) is 9.53 Å². The predicted molar refractivity (Wildman–Crippen MR) is 53.7 cm³/mol. The predicted octanol–water partition coefficient (Wildman–Crippen LogP) is 1.50. The summed E-state index contributed by atoms with van der Waals surface area (Å²) in [6.45, 7) is 3.55. The summed E-state index contributed by atoms with van der Waals surface area (Å²) in [6, 6.07) is -1.94. The zero-order valence-electron chi connectivity index (χ0n) is 9.70. The van der Waals surface area contributed by atoms with Crippen molar-refractivity contribution in [2.24, 2.45) is 0 Å². The first-order chi connectivity index (χ1) is 7.70. The molecule has 100 valence electrons. The van der Waals surface area contributed by atoms with Crippen LogP contribution in [0.3, 0.4) is 0 Å². The minimum absolute atomic E-state index is 0.0990. The van der Waals surface area contributed by atoms with Crippen molar-refractivity contribution in [1.29, 1.82) is 0 Å². The van der Waals surface area contributed by atoms with E-state index in [1.54, 1.807) is 13.8 Å². The molecule has 1 aliphatic heterocycles. The maximum atomic E-state index is 12.8. The van der Waals surface area contributed by atoms with Gasteiger partial charge in [0.05, 0.1) is 18.6 Å². The number of carboxylic acid groups (broad SMARTS) is 1. The fraction of sp³-hybridized carbons (Fsp3) is 0.900. The van der Waals surface area contributed by atoms with Crippen molar-refractivity contribution in [3.63, 3.8) is 0 Å². The van der Waals surface area contributed by atoms with Gasteiger partial charge in [0.1, 0.15) is 6.04 Å². The Kier molecular flexibility index (Phi) is 4.37. The molecule has 0 aliphatic carbocycles.